The molecule has 3 aromatic rings. The minimum atomic E-state index is 0.242. The van der Waals surface area contributed by atoms with E-state index in [1.54, 1.807) is 19.2 Å². The van der Waals surface area contributed by atoms with E-state index in [2.05, 4.69) is 40.3 Å². The van der Waals surface area contributed by atoms with Crippen molar-refractivity contribution >= 4 is 39.1 Å². The van der Waals surface area contributed by atoms with Gasteiger partial charge in [-0.05, 0) is 63.8 Å². The molecule has 0 saturated heterocycles. The van der Waals surface area contributed by atoms with Crippen LogP contribution in [0.1, 0.15) is 29.7 Å². The van der Waals surface area contributed by atoms with Crippen LogP contribution in [-0.2, 0) is 13.2 Å². The molecule has 0 aliphatic rings. The zero-order valence-electron chi connectivity index (χ0n) is 16.2. The van der Waals surface area contributed by atoms with Crippen LogP contribution < -0.4 is 14.8 Å². The molecule has 3 rings (SSSR count). The molecule has 1 atom stereocenters. The van der Waals surface area contributed by atoms with Gasteiger partial charge in [-0.15, -0.1) is 0 Å². The summed E-state index contributed by atoms with van der Waals surface area (Å²) in [5, 5.41) is 4.57. The molecule has 6 heteroatoms. The number of hydrogen-bond donors (Lipinski definition) is 1. The fourth-order valence-corrected chi connectivity index (χ4v) is 3.86. The molecule has 3 aromatic carbocycles. The summed E-state index contributed by atoms with van der Waals surface area (Å²) in [6.07, 6.45) is 0. The van der Waals surface area contributed by atoms with Gasteiger partial charge in [0.1, 0.15) is 6.61 Å². The standard InChI is InChI=1S/C23H22BrCl2NO2/c1-15(18-6-4-3-5-7-18)27-13-17-10-19(24)23(22(12-17)28-2)29-14-16-8-9-20(25)21(26)11-16/h3-12,15,27H,13-14H2,1-2H3. The highest BCUT2D eigenvalue weighted by Gasteiger charge is 2.13. The molecule has 0 spiro atoms. The number of halogens is 3. The average Bonchev–Trinajstić information content (AvgIpc) is 2.73. The summed E-state index contributed by atoms with van der Waals surface area (Å²) in [5.74, 6) is 1.32. The monoisotopic (exact) mass is 493 g/mol. The third kappa shape index (κ3) is 5.89. The molecule has 0 saturated carbocycles. The van der Waals surface area contributed by atoms with Crippen LogP contribution >= 0.6 is 39.1 Å². The average molecular weight is 495 g/mol. The van der Waals surface area contributed by atoms with Gasteiger partial charge < -0.3 is 14.8 Å². The first-order chi connectivity index (χ1) is 14.0. The summed E-state index contributed by atoms with van der Waals surface area (Å²) in [5.41, 5.74) is 3.27. The third-order valence-electron chi connectivity index (χ3n) is 4.57. The van der Waals surface area contributed by atoms with Gasteiger partial charge in [-0.2, -0.15) is 0 Å². The quantitative estimate of drug-likeness (QED) is 0.359. The van der Waals surface area contributed by atoms with Crippen LogP contribution in [0.2, 0.25) is 10.0 Å². The fourth-order valence-electron chi connectivity index (χ4n) is 2.93. The topological polar surface area (TPSA) is 30.5 Å². The van der Waals surface area contributed by atoms with Crippen molar-refractivity contribution in [2.45, 2.75) is 26.1 Å². The number of rotatable bonds is 8. The second kappa shape index (κ2) is 10.4. The Labute approximate surface area is 190 Å². The van der Waals surface area contributed by atoms with Gasteiger partial charge in [0.05, 0.1) is 21.6 Å². The fraction of sp³-hybridized carbons (Fsp3) is 0.217. The van der Waals surface area contributed by atoms with E-state index in [4.69, 9.17) is 32.7 Å². The first kappa shape index (κ1) is 22.0. The van der Waals surface area contributed by atoms with Gasteiger partial charge in [0.15, 0.2) is 11.5 Å². The van der Waals surface area contributed by atoms with Crippen LogP contribution in [0.3, 0.4) is 0 Å². The minimum Gasteiger partial charge on any atom is -0.493 e. The number of benzene rings is 3. The highest BCUT2D eigenvalue weighted by atomic mass is 79.9. The minimum absolute atomic E-state index is 0.242. The lowest BCUT2D eigenvalue weighted by Gasteiger charge is -2.17. The first-order valence-electron chi connectivity index (χ1n) is 9.19. The van der Waals surface area contributed by atoms with Crippen molar-refractivity contribution in [3.8, 4) is 11.5 Å². The van der Waals surface area contributed by atoms with Crippen molar-refractivity contribution in [3.63, 3.8) is 0 Å². The van der Waals surface area contributed by atoms with Crippen molar-refractivity contribution in [2.24, 2.45) is 0 Å². The predicted octanol–water partition coefficient (Wildman–Crippen LogP) is 7.19. The van der Waals surface area contributed by atoms with E-state index < -0.39 is 0 Å². The molecule has 0 aliphatic carbocycles. The Kier molecular flexibility index (Phi) is 7.84. The highest BCUT2D eigenvalue weighted by molar-refractivity contribution is 9.10. The summed E-state index contributed by atoms with van der Waals surface area (Å²) >= 11 is 15.7. The van der Waals surface area contributed by atoms with Crippen molar-refractivity contribution in [2.75, 3.05) is 7.11 Å². The summed E-state index contributed by atoms with van der Waals surface area (Å²) < 4.78 is 12.4. The van der Waals surface area contributed by atoms with Gasteiger partial charge in [-0.1, -0.05) is 59.6 Å². The van der Waals surface area contributed by atoms with Gasteiger partial charge in [0.2, 0.25) is 0 Å². The maximum absolute atomic E-state index is 6.08. The zero-order chi connectivity index (χ0) is 20.8. The van der Waals surface area contributed by atoms with Gasteiger partial charge in [0, 0.05) is 12.6 Å². The largest absolute Gasteiger partial charge is 0.493 e. The van der Waals surface area contributed by atoms with E-state index in [9.17, 15) is 0 Å². The van der Waals surface area contributed by atoms with E-state index in [0.29, 0.717) is 34.7 Å². The number of ether oxygens (including phenoxy) is 2. The molecule has 0 amide bonds. The summed E-state index contributed by atoms with van der Waals surface area (Å²) in [4.78, 5) is 0. The van der Waals surface area contributed by atoms with Crippen LogP contribution in [0.5, 0.6) is 11.5 Å². The Morgan fingerprint density at radius 2 is 1.72 bits per heavy atom. The summed E-state index contributed by atoms with van der Waals surface area (Å²) in [6.45, 7) is 3.21. The summed E-state index contributed by atoms with van der Waals surface area (Å²) in [6, 6.07) is 20.1. The Morgan fingerprint density at radius 3 is 2.41 bits per heavy atom. The maximum atomic E-state index is 6.08. The summed E-state index contributed by atoms with van der Waals surface area (Å²) in [7, 11) is 1.64. The lowest BCUT2D eigenvalue weighted by molar-refractivity contribution is 0.282. The maximum Gasteiger partial charge on any atom is 0.175 e. The molecular formula is C23H22BrCl2NO2. The Hall–Kier alpha value is -1.72. The zero-order valence-corrected chi connectivity index (χ0v) is 19.3. The van der Waals surface area contributed by atoms with Crippen LogP contribution in [0.4, 0.5) is 0 Å². The molecule has 152 valence electrons. The second-order valence-electron chi connectivity index (χ2n) is 6.66. The molecule has 0 heterocycles. The van der Waals surface area contributed by atoms with Gasteiger partial charge in [-0.3, -0.25) is 0 Å². The van der Waals surface area contributed by atoms with E-state index >= 15 is 0 Å². The smallest absolute Gasteiger partial charge is 0.175 e. The predicted molar refractivity (Wildman–Crippen MR) is 123 cm³/mol. The van der Waals surface area contributed by atoms with Crippen LogP contribution in [0.25, 0.3) is 0 Å². The van der Waals surface area contributed by atoms with Gasteiger partial charge in [0.25, 0.3) is 0 Å². The number of methoxy groups -OCH3 is 1. The molecule has 1 unspecified atom stereocenters. The molecule has 0 radical (unpaired) electrons. The molecule has 0 aromatic heterocycles. The first-order valence-corrected chi connectivity index (χ1v) is 10.7. The molecule has 0 fully saturated rings. The third-order valence-corrected chi connectivity index (χ3v) is 5.90. The van der Waals surface area contributed by atoms with Crippen LogP contribution in [0, 0.1) is 0 Å². The Bertz CT molecular complexity index is 967. The SMILES string of the molecule is COc1cc(CNC(C)c2ccccc2)cc(Br)c1OCc1ccc(Cl)c(Cl)c1. The van der Waals surface area contributed by atoms with Crippen molar-refractivity contribution in [1.29, 1.82) is 0 Å². The Morgan fingerprint density at radius 1 is 0.966 bits per heavy atom. The highest BCUT2D eigenvalue weighted by Crippen LogP contribution is 2.37. The van der Waals surface area contributed by atoms with E-state index in [0.717, 1.165) is 15.6 Å². The van der Waals surface area contributed by atoms with Gasteiger partial charge >= 0.3 is 0 Å². The molecule has 0 bridgehead atoms. The molecule has 29 heavy (non-hydrogen) atoms. The molecular weight excluding hydrogens is 473 g/mol. The number of nitrogens with one attached hydrogen (secondary N) is 1. The lowest BCUT2D eigenvalue weighted by Crippen LogP contribution is -2.18. The van der Waals surface area contributed by atoms with Gasteiger partial charge in [-0.25, -0.2) is 0 Å². The van der Waals surface area contributed by atoms with Crippen molar-refractivity contribution in [3.05, 3.63) is 91.9 Å². The molecule has 0 aliphatic heterocycles. The molecule has 1 N–H and O–H groups in total. The van der Waals surface area contributed by atoms with Crippen molar-refractivity contribution in [1.82, 2.24) is 5.32 Å². The van der Waals surface area contributed by atoms with E-state index in [1.165, 1.54) is 5.56 Å². The van der Waals surface area contributed by atoms with Crippen LogP contribution in [-0.4, -0.2) is 7.11 Å². The van der Waals surface area contributed by atoms with Crippen molar-refractivity contribution < 1.29 is 9.47 Å². The number of hydrogen-bond acceptors (Lipinski definition) is 3. The Balaban J connectivity index is 1.69. The normalized spacial score (nSPS) is 11.9. The van der Waals surface area contributed by atoms with Crippen LogP contribution in [0.15, 0.2) is 65.1 Å². The lowest BCUT2D eigenvalue weighted by atomic mass is 10.1. The van der Waals surface area contributed by atoms with E-state index in [-0.39, 0.29) is 6.04 Å². The molecule has 3 nitrogen and oxygen atoms in total. The van der Waals surface area contributed by atoms with E-state index in [1.807, 2.05) is 36.4 Å². The second-order valence-corrected chi connectivity index (χ2v) is 8.33.